The highest BCUT2D eigenvalue weighted by Gasteiger charge is 2.22. The predicted octanol–water partition coefficient (Wildman–Crippen LogP) is 1.33. The number of anilines is 1. The molecule has 1 aromatic rings. The molecule has 21 heavy (non-hydrogen) atoms. The van der Waals surface area contributed by atoms with Crippen molar-refractivity contribution < 1.29 is 9.59 Å². The van der Waals surface area contributed by atoms with Gasteiger partial charge in [-0.2, -0.15) is 0 Å². The highest BCUT2D eigenvalue weighted by atomic mass is 35.5. The summed E-state index contributed by atoms with van der Waals surface area (Å²) in [5, 5.41) is 8.61. The van der Waals surface area contributed by atoms with Crippen LogP contribution in [0.1, 0.15) is 18.9 Å². The Morgan fingerprint density at radius 1 is 1.38 bits per heavy atom. The number of hydrogen-bond acceptors (Lipinski definition) is 3. The Morgan fingerprint density at radius 3 is 2.86 bits per heavy atom. The molecular weight excluding hydrogens is 290 g/mol. The number of amides is 2. The summed E-state index contributed by atoms with van der Waals surface area (Å²) in [7, 11) is 0. The minimum atomic E-state index is -0.197. The topological polar surface area (TPSA) is 70.2 Å². The lowest BCUT2D eigenvalue weighted by Gasteiger charge is -2.10. The van der Waals surface area contributed by atoms with Gasteiger partial charge in [0.2, 0.25) is 11.8 Å². The fourth-order valence-electron chi connectivity index (χ4n) is 2.26. The molecule has 2 rings (SSSR count). The van der Waals surface area contributed by atoms with Gasteiger partial charge >= 0.3 is 0 Å². The van der Waals surface area contributed by atoms with E-state index in [4.69, 9.17) is 0 Å². The van der Waals surface area contributed by atoms with Crippen molar-refractivity contribution in [1.29, 1.82) is 0 Å². The highest BCUT2D eigenvalue weighted by molar-refractivity contribution is 5.94. The molecule has 116 valence electrons. The summed E-state index contributed by atoms with van der Waals surface area (Å²) in [6, 6.07) is 7.72. The van der Waals surface area contributed by atoms with Crippen molar-refractivity contribution in [1.82, 2.24) is 10.6 Å². The number of halogens is 1. The zero-order chi connectivity index (χ0) is 14.4. The van der Waals surface area contributed by atoms with Crippen LogP contribution in [0.25, 0.3) is 0 Å². The molecule has 0 saturated carbocycles. The minimum absolute atomic E-state index is 0. The van der Waals surface area contributed by atoms with Gasteiger partial charge in [-0.3, -0.25) is 9.59 Å². The average molecular weight is 312 g/mol. The number of carbonyl (C=O) groups is 2. The van der Waals surface area contributed by atoms with Crippen LogP contribution in [-0.2, 0) is 16.0 Å². The van der Waals surface area contributed by atoms with Gasteiger partial charge in [-0.1, -0.05) is 19.1 Å². The first kappa shape index (κ1) is 17.5. The third-order valence-corrected chi connectivity index (χ3v) is 3.47. The van der Waals surface area contributed by atoms with Gasteiger partial charge in [0, 0.05) is 12.2 Å². The Kier molecular flexibility index (Phi) is 7.19. The first-order valence-electron chi connectivity index (χ1n) is 7.06. The molecule has 0 bridgehead atoms. The predicted molar refractivity (Wildman–Crippen MR) is 85.7 cm³/mol. The maximum absolute atomic E-state index is 11.8. The lowest BCUT2D eigenvalue weighted by atomic mass is 10.1. The van der Waals surface area contributed by atoms with Crippen molar-refractivity contribution in [2.45, 2.75) is 19.8 Å². The zero-order valence-corrected chi connectivity index (χ0v) is 13.0. The van der Waals surface area contributed by atoms with Crippen LogP contribution in [0.15, 0.2) is 24.3 Å². The molecule has 0 radical (unpaired) electrons. The summed E-state index contributed by atoms with van der Waals surface area (Å²) in [5.41, 5.74) is 1.94. The fourth-order valence-corrected chi connectivity index (χ4v) is 2.26. The van der Waals surface area contributed by atoms with Crippen molar-refractivity contribution in [2.24, 2.45) is 5.92 Å². The second kappa shape index (κ2) is 8.64. The Balaban J connectivity index is 0.00000220. The third kappa shape index (κ3) is 5.36. The molecule has 1 atom stereocenters. The Labute approximate surface area is 131 Å². The van der Waals surface area contributed by atoms with E-state index < -0.39 is 0 Å². The van der Waals surface area contributed by atoms with E-state index in [1.165, 1.54) is 5.56 Å². The Morgan fingerprint density at radius 2 is 2.19 bits per heavy atom. The summed E-state index contributed by atoms with van der Waals surface area (Å²) in [6.45, 7) is 3.66. The van der Waals surface area contributed by atoms with E-state index in [0.717, 1.165) is 25.1 Å². The van der Waals surface area contributed by atoms with Crippen LogP contribution < -0.4 is 16.0 Å². The first-order valence-corrected chi connectivity index (χ1v) is 7.06. The summed E-state index contributed by atoms with van der Waals surface area (Å²) >= 11 is 0. The van der Waals surface area contributed by atoms with Gasteiger partial charge in [0.05, 0.1) is 12.5 Å². The van der Waals surface area contributed by atoms with Crippen molar-refractivity contribution in [2.75, 3.05) is 25.0 Å². The number of hydrogen-bond donors (Lipinski definition) is 3. The number of nitrogens with one attached hydrogen (secondary N) is 3. The molecule has 3 N–H and O–H groups in total. The first-order chi connectivity index (χ1) is 9.69. The molecule has 5 nitrogen and oxygen atoms in total. The number of aryl methyl sites for hydroxylation is 1. The van der Waals surface area contributed by atoms with Gasteiger partial charge in [0.15, 0.2) is 0 Å². The van der Waals surface area contributed by atoms with Gasteiger partial charge in [-0.25, -0.2) is 0 Å². The molecule has 1 saturated heterocycles. The van der Waals surface area contributed by atoms with Crippen LogP contribution in [0.4, 0.5) is 5.69 Å². The van der Waals surface area contributed by atoms with Crippen LogP contribution in [-0.4, -0.2) is 31.4 Å². The normalized spacial score (nSPS) is 16.9. The maximum Gasteiger partial charge on any atom is 0.243 e. The van der Waals surface area contributed by atoms with E-state index in [1.807, 2.05) is 24.3 Å². The van der Waals surface area contributed by atoms with Crippen molar-refractivity contribution in [3.8, 4) is 0 Å². The Bertz CT molecular complexity index is 488. The number of rotatable bonds is 5. The minimum Gasteiger partial charge on any atom is -0.347 e. The summed E-state index contributed by atoms with van der Waals surface area (Å²) in [6.07, 6.45) is 1.77. The van der Waals surface area contributed by atoms with Gasteiger partial charge in [0.25, 0.3) is 0 Å². The SMILES string of the molecule is CCc1cccc(NC(=O)CNC(=O)C2CCNC2)c1.Cl. The average Bonchev–Trinajstić information content (AvgIpc) is 2.99. The van der Waals surface area contributed by atoms with Crippen molar-refractivity contribution >= 4 is 29.9 Å². The summed E-state index contributed by atoms with van der Waals surface area (Å²) in [4.78, 5) is 23.6. The molecule has 0 aromatic heterocycles. The van der Waals surface area contributed by atoms with Crippen molar-refractivity contribution in [3.05, 3.63) is 29.8 Å². The standard InChI is InChI=1S/C15H21N3O2.ClH/c1-2-11-4-3-5-13(8-11)18-14(19)10-17-15(20)12-6-7-16-9-12;/h3-5,8,12,16H,2,6-7,9-10H2,1H3,(H,17,20)(H,18,19);1H. The lowest BCUT2D eigenvalue weighted by Crippen LogP contribution is -2.37. The van der Waals surface area contributed by atoms with Crippen LogP contribution in [0.5, 0.6) is 0 Å². The monoisotopic (exact) mass is 311 g/mol. The van der Waals surface area contributed by atoms with E-state index >= 15 is 0 Å². The highest BCUT2D eigenvalue weighted by Crippen LogP contribution is 2.11. The maximum atomic E-state index is 11.8. The molecule has 1 heterocycles. The molecule has 0 aliphatic carbocycles. The number of benzene rings is 1. The fraction of sp³-hybridized carbons (Fsp3) is 0.467. The molecule has 1 aliphatic heterocycles. The van der Waals surface area contributed by atoms with Gasteiger partial charge in [0.1, 0.15) is 0 Å². The Hall–Kier alpha value is -1.59. The van der Waals surface area contributed by atoms with Gasteiger partial charge < -0.3 is 16.0 Å². The second-order valence-electron chi connectivity index (χ2n) is 5.01. The molecule has 6 heteroatoms. The van der Waals surface area contributed by atoms with Crippen molar-refractivity contribution in [3.63, 3.8) is 0 Å². The second-order valence-corrected chi connectivity index (χ2v) is 5.01. The van der Waals surface area contributed by atoms with E-state index in [9.17, 15) is 9.59 Å². The third-order valence-electron chi connectivity index (χ3n) is 3.47. The van der Waals surface area contributed by atoms with E-state index in [1.54, 1.807) is 0 Å². The molecule has 1 unspecified atom stereocenters. The molecule has 1 aliphatic rings. The number of carbonyl (C=O) groups excluding carboxylic acids is 2. The molecule has 2 amide bonds. The van der Waals surface area contributed by atoms with Crippen LogP contribution in [0.2, 0.25) is 0 Å². The largest absolute Gasteiger partial charge is 0.347 e. The lowest BCUT2D eigenvalue weighted by molar-refractivity contribution is -0.126. The summed E-state index contributed by atoms with van der Waals surface area (Å²) < 4.78 is 0. The molecule has 1 aromatic carbocycles. The zero-order valence-electron chi connectivity index (χ0n) is 12.1. The van der Waals surface area contributed by atoms with Crippen LogP contribution in [0.3, 0.4) is 0 Å². The van der Waals surface area contributed by atoms with E-state index in [-0.39, 0.29) is 36.7 Å². The van der Waals surface area contributed by atoms with E-state index in [2.05, 4.69) is 22.9 Å². The van der Waals surface area contributed by atoms with Crippen LogP contribution >= 0.6 is 12.4 Å². The smallest absolute Gasteiger partial charge is 0.243 e. The molecular formula is C15H22ClN3O2. The van der Waals surface area contributed by atoms with E-state index in [0.29, 0.717) is 6.54 Å². The van der Waals surface area contributed by atoms with Crippen LogP contribution in [0, 0.1) is 5.92 Å². The molecule has 1 fully saturated rings. The quantitative estimate of drug-likeness (QED) is 0.768. The summed E-state index contributed by atoms with van der Waals surface area (Å²) in [5.74, 6) is -0.253. The van der Waals surface area contributed by atoms with Gasteiger partial charge in [-0.05, 0) is 37.1 Å². The van der Waals surface area contributed by atoms with Gasteiger partial charge in [-0.15, -0.1) is 12.4 Å². The molecule has 0 spiro atoms.